The Kier molecular flexibility index (Phi) is 6.08. The fourth-order valence-corrected chi connectivity index (χ4v) is 0.875. The summed E-state index contributed by atoms with van der Waals surface area (Å²) in [6.07, 6.45) is 1.12. The van der Waals surface area contributed by atoms with Gasteiger partial charge in [-0.05, 0) is 23.9 Å². The van der Waals surface area contributed by atoms with Gasteiger partial charge in [-0.1, -0.05) is 6.92 Å². The molecule has 1 atom stereocenters. The van der Waals surface area contributed by atoms with Crippen molar-refractivity contribution < 1.29 is 9.08 Å². The zero-order valence-electron chi connectivity index (χ0n) is 5.77. The van der Waals surface area contributed by atoms with Crippen LogP contribution in [0.3, 0.4) is 0 Å². The minimum atomic E-state index is -0.304. The van der Waals surface area contributed by atoms with E-state index >= 15 is 0 Å². The molecule has 0 heterocycles. The average molecular weight is 185 g/mol. The van der Waals surface area contributed by atoms with Crippen LogP contribution in [0.1, 0.15) is 19.8 Å². The minimum absolute atomic E-state index is 0.292. The van der Waals surface area contributed by atoms with E-state index < -0.39 is 0 Å². The van der Waals surface area contributed by atoms with Crippen molar-refractivity contribution in [3.8, 4) is 0 Å². The first-order valence-electron chi connectivity index (χ1n) is 3.08. The molecule has 0 radical (unpaired) electrons. The van der Waals surface area contributed by atoms with Crippen LogP contribution in [0, 0.1) is 5.92 Å². The van der Waals surface area contributed by atoms with Crippen LogP contribution in [-0.2, 0) is 9.08 Å². The van der Waals surface area contributed by atoms with E-state index in [1.165, 1.54) is 0 Å². The summed E-state index contributed by atoms with van der Waals surface area (Å²) in [5, 5.41) is -0.304. The standard InChI is InChI=1S/C6H10Cl2O2/c1-5(4-10-8)2-3-6(7)9/h5H,2-4H2,1H3. The Labute approximate surface area is 70.6 Å². The van der Waals surface area contributed by atoms with Crippen LogP contribution < -0.4 is 0 Å². The summed E-state index contributed by atoms with van der Waals surface area (Å²) in [6.45, 7) is 2.41. The summed E-state index contributed by atoms with van der Waals surface area (Å²) in [7, 11) is 0. The number of carbonyl (C=O) groups excluding carboxylic acids is 1. The molecule has 0 bridgehead atoms. The smallest absolute Gasteiger partial charge is 0.221 e. The van der Waals surface area contributed by atoms with Gasteiger partial charge in [0.2, 0.25) is 5.24 Å². The maximum Gasteiger partial charge on any atom is 0.221 e. The molecule has 0 aromatic heterocycles. The van der Waals surface area contributed by atoms with Crippen molar-refractivity contribution in [2.75, 3.05) is 6.61 Å². The van der Waals surface area contributed by atoms with Gasteiger partial charge in [0.05, 0.1) is 18.5 Å². The summed E-state index contributed by atoms with van der Waals surface area (Å²) >= 11 is 10.1. The van der Waals surface area contributed by atoms with Gasteiger partial charge in [-0.15, -0.1) is 0 Å². The molecule has 2 nitrogen and oxygen atoms in total. The molecular weight excluding hydrogens is 175 g/mol. The second kappa shape index (κ2) is 5.96. The highest BCUT2D eigenvalue weighted by Gasteiger charge is 2.03. The molecule has 0 N–H and O–H groups in total. The Hall–Kier alpha value is 0.210. The lowest BCUT2D eigenvalue weighted by atomic mass is 10.1. The summed E-state index contributed by atoms with van der Waals surface area (Å²) in [6, 6.07) is 0. The molecule has 1 unspecified atom stereocenters. The van der Waals surface area contributed by atoms with Gasteiger partial charge in [-0.25, -0.2) is 0 Å². The minimum Gasteiger partial charge on any atom is -0.281 e. The quantitative estimate of drug-likeness (QED) is 0.614. The van der Waals surface area contributed by atoms with Crippen molar-refractivity contribution in [3.63, 3.8) is 0 Å². The Bertz CT molecular complexity index is 106. The largest absolute Gasteiger partial charge is 0.281 e. The summed E-state index contributed by atoms with van der Waals surface area (Å²) in [5.74, 6) is 0.292. The second-order valence-corrected chi connectivity index (χ2v) is 2.91. The molecule has 0 saturated carbocycles. The van der Waals surface area contributed by atoms with Crippen molar-refractivity contribution in [1.29, 1.82) is 0 Å². The molecule has 0 spiro atoms. The van der Waals surface area contributed by atoms with E-state index in [1.807, 2.05) is 6.92 Å². The van der Waals surface area contributed by atoms with E-state index in [1.54, 1.807) is 0 Å². The van der Waals surface area contributed by atoms with E-state index in [0.29, 0.717) is 18.9 Å². The predicted molar refractivity (Wildman–Crippen MR) is 41.1 cm³/mol. The number of halogens is 2. The normalized spacial score (nSPS) is 13.1. The molecule has 4 heteroatoms. The van der Waals surface area contributed by atoms with Gasteiger partial charge in [0.25, 0.3) is 0 Å². The van der Waals surface area contributed by atoms with E-state index in [-0.39, 0.29) is 5.24 Å². The van der Waals surface area contributed by atoms with Gasteiger partial charge >= 0.3 is 0 Å². The van der Waals surface area contributed by atoms with Gasteiger partial charge in [0, 0.05) is 6.42 Å². The lowest BCUT2D eigenvalue weighted by molar-refractivity contribution is -0.111. The first kappa shape index (κ1) is 10.2. The van der Waals surface area contributed by atoms with Crippen molar-refractivity contribution in [3.05, 3.63) is 0 Å². The van der Waals surface area contributed by atoms with Gasteiger partial charge < -0.3 is 0 Å². The maximum atomic E-state index is 10.2. The lowest BCUT2D eigenvalue weighted by Crippen LogP contribution is -2.02. The summed E-state index contributed by atoms with van der Waals surface area (Å²) in [4.78, 5) is 10.2. The van der Waals surface area contributed by atoms with Crippen molar-refractivity contribution in [1.82, 2.24) is 0 Å². The average Bonchev–Trinajstić information content (AvgIpc) is 1.85. The number of rotatable bonds is 5. The molecule has 0 aromatic carbocycles. The fourth-order valence-electron chi connectivity index (χ4n) is 0.551. The van der Waals surface area contributed by atoms with Gasteiger partial charge in [-0.3, -0.25) is 9.08 Å². The molecule has 0 amide bonds. The molecule has 0 fully saturated rings. The molecule has 10 heavy (non-hydrogen) atoms. The highest BCUT2D eigenvalue weighted by atomic mass is 35.5. The Balaban J connectivity index is 3.21. The highest BCUT2D eigenvalue weighted by molar-refractivity contribution is 6.63. The van der Waals surface area contributed by atoms with Crippen LogP contribution in [0.15, 0.2) is 0 Å². The molecule has 0 aliphatic heterocycles. The van der Waals surface area contributed by atoms with E-state index in [9.17, 15) is 4.79 Å². The number of carbonyl (C=O) groups is 1. The van der Waals surface area contributed by atoms with E-state index in [0.717, 1.165) is 6.42 Å². The summed E-state index contributed by atoms with van der Waals surface area (Å²) < 4.78 is 4.35. The van der Waals surface area contributed by atoms with Crippen LogP contribution in [-0.4, -0.2) is 11.8 Å². The Morgan fingerprint density at radius 3 is 2.70 bits per heavy atom. The second-order valence-electron chi connectivity index (χ2n) is 2.27. The lowest BCUT2D eigenvalue weighted by Gasteiger charge is -2.04. The third-order valence-corrected chi connectivity index (χ3v) is 1.50. The molecule has 0 rings (SSSR count). The van der Waals surface area contributed by atoms with Crippen molar-refractivity contribution in [2.45, 2.75) is 19.8 Å². The van der Waals surface area contributed by atoms with E-state index in [4.69, 9.17) is 23.5 Å². The van der Waals surface area contributed by atoms with Crippen LogP contribution in [0.5, 0.6) is 0 Å². The fraction of sp³-hybridized carbons (Fsp3) is 0.833. The van der Waals surface area contributed by atoms with Crippen LogP contribution >= 0.6 is 23.5 Å². The molecule has 0 aliphatic carbocycles. The van der Waals surface area contributed by atoms with Gasteiger partial charge in [-0.2, -0.15) is 0 Å². The first-order valence-corrected chi connectivity index (χ1v) is 3.77. The molecule has 60 valence electrons. The molecular formula is C6H10Cl2O2. The number of hydrogen-bond acceptors (Lipinski definition) is 2. The monoisotopic (exact) mass is 184 g/mol. The van der Waals surface area contributed by atoms with E-state index in [2.05, 4.69) is 4.29 Å². The van der Waals surface area contributed by atoms with Gasteiger partial charge in [0.1, 0.15) is 0 Å². The summed E-state index contributed by atoms with van der Waals surface area (Å²) in [5.41, 5.74) is 0. The predicted octanol–water partition coefficient (Wildman–Crippen LogP) is 2.34. The topological polar surface area (TPSA) is 26.3 Å². The Morgan fingerprint density at radius 2 is 2.30 bits per heavy atom. The molecule has 0 aromatic rings. The van der Waals surface area contributed by atoms with Crippen LogP contribution in [0.25, 0.3) is 0 Å². The third kappa shape index (κ3) is 6.33. The maximum absolute atomic E-state index is 10.2. The van der Waals surface area contributed by atoms with Crippen LogP contribution in [0.2, 0.25) is 0 Å². The zero-order valence-corrected chi connectivity index (χ0v) is 7.28. The third-order valence-electron chi connectivity index (χ3n) is 1.18. The highest BCUT2D eigenvalue weighted by Crippen LogP contribution is 2.07. The SMILES string of the molecule is CC(CCC(=O)Cl)COCl. The van der Waals surface area contributed by atoms with Crippen molar-refractivity contribution >= 4 is 28.7 Å². The van der Waals surface area contributed by atoms with Crippen LogP contribution in [0.4, 0.5) is 0 Å². The Morgan fingerprint density at radius 1 is 1.70 bits per heavy atom. The van der Waals surface area contributed by atoms with Gasteiger partial charge in [0.15, 0.2) is 0 Å². The van der Waals surface area contributed by atoms with Crippen molar-refractivity contribution in [2.24, 2.45) is 5.92 Å². The molecule has 0 aliphatic rings. The first-order chi connectivity index (χ1) is 4.66. The zero-order chi connectivity index (χ0) is 7.98. The molecule has 0 saturated heterocycles. The number of hydrogen-bond donors (Lipinski definition) is 0.